The maximum atomic E-state index is 12.0. The van der Waals surface area contributed by atoms with Gasteiger partial charge >= 0.3 is 0 Å². The summed E-state index contributed by atoms with van der Waals surface area (Å²) in [5, 5.41) is 3.20. The minimum absolute atomic E-state index is 0.0129. The van der Waals surface area contributed by atoms with Crippen LogP contribution in [0.2, 0.25) is 0 Å². The first-order valence-electron chi connectivity index (χ1n) is 6.03. The van der Waals surface area contributed by atoms with Crippen molar-refractivity contribution in [1.29, 1.82) is 0 Å². The molecule has 1 aromatic rings. The molecule has 0 radical (unpaired) electrons. The van der Waals surface area contributed by atoms with E-state index in [1.54, 1.807) is 12.1 Å². The molecule has 0 aromatic heterocycles. The number of rotatable bonds is 5. The Morgan fingerprint density at radius 1 is 1.39 bits per heavy atom. The highest BCUT2D eigenvalue weighted by Crippen LogP contribution is 2.36. The van der Waals surface area contributed by atoms with Gasteiger partial charge in [0.25, 0.3) is 0 Å². The Labute approximate surface area is 106 Å². The molecule has 5 nitrogen and oxygen atoms in total. The van der Waals surface area contributed by atoms with Gasteiger partial charge in [-0.2, -0.15) is 0 Å². The molecule has 1 aliphatic heterocycles. The van der Waals surface area contributed by atoms with E-state index in [0.717, 1.165) is 0 Å². The predicted molar refractivity (Wildman–Crippen MR) is 69.1 cm³/mol. The second-order valence-electron chi connectivity index (χ2n) is 4.57. The van der Waals surface area contributed by atoms with Crippen molar-refractivity contribution in [2.45, 2.75) is 26.3 Å². The third-order valence-corrected chi connectivity index (χ3v) is 2.75. The summed E-state index contributed by atoms with van der Waals surface area (Å²) in [6, 6.07) is 3.67. The van der Waals surface area contributed by atoms with E-state index in [2.05, 4.69) is 5.32 Å². The molecule has 0 saturated carbocycles. The Kier molecular flexibility index (Phi) is 3.72. The first-order chi connectivity index (χ1) is 8.58. The monoisotopic (exact) mass is 250 g/mol. The van der Waals surface area contributed by atoms with Crippen LogP contribution in [-0.4, -0.2) is 25.2 Å². The summed E-state index contributed by atoms with van der Waals surface area (Å²) >= 11 is 0. The van der Waals surface area contributed by atoms with Gasteiger partial charge in [0.05, 0.1) is 0 Å². The molecule has 0 atom stereocenters. The summed E-state index contributed by atoms with van der Waals surface area (Å²) in [6.45, 7) is 4.91. The molecule has 2 rings (SSSR count). The second kappa shape index (κ2) is 5.27. The van der Waals surface area contributed by atoms with Gasteiger partial charge in [-0.3, -0.25) is 4.79 Å². The van der Waals surface area contributed by atoms with Gasteiger partial charge in [-0.25, -0.2) is 0 Å². The van der Waals surface area contributed by atoms with Gasteiger partial charge in [-0.15, -0.1) is 0 Å². The molecule has 0 aliphatic carbocycles. The van der Waals surface area contributed by atoms with E-state index >= 15 is 0 Å². The number of carbonyl (C=O) groups excluding carboxylic acids is 1. The summed E-state index contributed by atoms with van der Waals surface area (Å²) < 4.78 is 10.4. The van der Waals surface area contributed by atoms with Gasteiger partial charge in [-0.05, 0) is 6.07 Å². The maximum Gasteiger partial charge on any atom is 0.231 e. The number of nitrogens with two attached hydrogens (primary N) is 1. The van der Waals surface area contributed by atoms with E-state index in [1.165, 1.54) is 0 Å². The fourth-order valence-corrected chi connectivity index (χ4v) is 1.81. The average Bonchev–Trinajstić information content (AvgIpc) is 2.74. The predicted octanol–water partition coefficient (Wildman–Crippen LogP) is 1.57. The van der Waals surface area contributed by atoms with Crippen LogP contribution in [0, 0.1) is 0 Å². The zero-order valence-corrected chi connectivity index (χ0v) is 10.7. The van der Waals surface area contributed by atoms with Crippen LogP contribution in [-0.2, 0) is 0 Å². The summed E-state index contributed by atoms with van der Waals surface area (Å²) in [6.07, 6.45) is 0.419. The lowest BCUT2D eigenvalue weighted by molar-refractivity contribution is 0.0982. The number of nitrogen functional groups attached to an aromatic ring is 1. The lowest BCUT2D eigenvalue weighted by Gasteiger charge is -2.09. The van der Waals surface area contributed by atoms with Crippen molar-refractivity contribution in [3.63, 3.8) is 0 Å². The Morgan fingerprint density at radius 3 is 2.72 bits per heavy atom. The highest BCUT2D eigenvalue weighted by Gasteiger charge is 2.19. The number of benzene rings is 1. The zero-order chi connectivity index (χ0) is 13.1. The molecular formula is C13H18N2O3. The molecule has 18 heavy (non-hydrogen) atoms. The van der Waals surface area contributed by atoms with Crippen LogP contribution in [0.5, 0.6) is 11.5 Å². The molecule has 0 saturated heterocycles. The van der Waals surface area contributed by atoms with Crippen molar-refractivity contribution < 1.29 is 14.3 Å². The van der Waals surface area contributed by atoms with Crippen LogP contribution in [0.15, 0.2) is 12.1 Å². The molecule has 0 fully saturated rings. The number of hydrogen-bond acceptors (Lipinski definition) is 5. The lowest BCUT2D eigenvalue weighted by atomic mass is 10.1. The largest absolute Gasteiger partial charge is 0.454 e. The minimum atomic E-state index is 0.0129. The van der Waals surface area contributed by atoms with E-state index < -0.39 is 0 Å². The number of Topliss-reactive ketones (excluding diaryl/α,β-unsaturated/α-hetero) is 1. The molecule has 1 aliphatic rings. The van der Waals surface area contributed by atoms with Crippen molar-refractivity contribution in [1.82, 2.24) is 5.32 Å². The molecule has 0 unspecified atom stereocenters. The standard InChI is InChI=1S/C13H18N2O3/c1-8(2)15-4-3-11(16)9-5-12-13(6-10(9)14)18-7-17-12/h5-6,8,15H,3-4,7,14H2,1-2H3. The van der Waals surface area contributed by atoms with Crippen LogP contribution < -0.4 is 20.5 Å². The quantitative estimate of drug-likeness (QED) is 0.613. The van der Waals surface area contributed by atoms with Crippen LogP contribution in [0.1, 0.15) is 30.6 Å². The molecule has 3 N–H and O–H groups in total. The smallest absolute Gasteiger partial charge is 0.231 e. The fraction of sp³-hybridized carbons (Fsp3) is 0.462. The van der Waals surface area contributed by atoms with Gasteiger partial charge in [0, 0.05) is 36.3 Å². The third-order valence-electron chi connectivity index (χ3n) is 2.75. The number of ether oxygens (including phenoxy) is 2. The molecule has 98 valence electrons. The van der Waals surface area contributed by atoms with Crippen molar-refractivity contribution in [3.8, 4) is 11.5 Å². The molecular weight excluding hydrogens is 232 g/mol. The highest BCUT2D eigenvalue weighted by molar-refractivity contribution is 6.01. The SMILES string of the molecule is CC(C)NCCC(=O)c1cc2c(cc1N)OCO2. The maximum absolute atomic E-state index is 12.0. The van der Waals surface area contributed by atoms with Crippen LogP contribution in [0.25, 0.3) is 0 Å². The van der Waals surface area contributed by atoms with Gasteiger partial charge in [0.2, 0.25) is 6.79 Å². The highest BCUT2D eigenvalue weighted by atomic mass is 16.7. The Balaban J connectivity index is 2.06. The number of hydrogen-bond donors (Lipinski definition) is 2. The second-order valence-corrected chi connectivity index (χ2v) is 4.57. The van der Waals surface area contributed by atoms with Gasteiger partial charge in [0.15, 0.2) is 17.3 Å². The minimum Gasteiger partial charge on any atom is -0.454 e. The number of anilines is 1. The zero-order valence-electron chi connectivity index (χ0n) is 10.7. The van der Waals surface area contributed by atoms with Crippen molar-refractivity contribution in [3.05, 3.63) is 17.7 Å². The molecule has 5 heteroatoms. The molecule has 0 amide bonds. The summed E-state index contributed by atoms with van der Waals surface area (Å²) in [5.74, 6) is 1.20. The van der Waals surface area contributed by atoms with Crippen molar-refractivity contribution in [2.24, 2.45) is 0 Å². The van der Waals surface area contributed by atoms with Crippen LogP contribution in [0.3, 0.4) is 0 Å². The first-order valence-corrected chi connectivity index (χ1v) is 6.03. The van der Waals surface area contributed by atoms with Crippen LogP contribution >= 0.6 is 0 Å². The Morgan fingerprint density at radius 2 is 2.06 bits per heavy atom. The Hall–Kier alpha value is -1.75. The van der Waals surface area contributed by atoms with Crippen molar-refractivity contribution >= 4 is 11.5 Å². The number of nitrogens with one attached hydrogen (secondary N) is 1. The van der Waals surface area contributed by atoms with E-state index in [0.29, 0.717) is 41.8 Å². The van der Waals surface area contributed by atoms with Crippen LogP contribution in [0.4, 0.5) is 5.69 Å². The molecule has 0 spiro atoms. The fourth-order valence-electron chi connectivity index (χ4n) is 1.81. The lowest BCUT2D eigenvalue weighted by Crippen LogP contribution is -2.25. The number of fused-ring (bicyclic) bond motifs is 1. The molecule has 0 bridgehead atoms. The van der Waals surface area contributed by atoms with E-state index in [4.69, 9.17) is 15.2 Å². The van der Waals surface area contributed by atoms with Gasteiger partial charge in [-0.1, -0.05) is 13.8 Å². The van der Waals surface area contributed by atoms with E-state index in [1.807, 2.05) is 13.8 Å². The number of ketones is 1. The average molecular weight is 250 g/mol. The molecule has 1 heterocycles. The molecule has 1 aromatic carbocycles. The normalized spacial score (nSPS) is 13.1. The Bertz CT molecular complexity index is 458. The third kappa shape index (κ3) is 2.73. The number of carbonyl (C=O) groups is 1. The van der Waals surface area contributed by atoms with Gasteiger partial charge < -0.3 is 20.5 Å². The first kappa shape index (κ1) is 12.7. The summed E-state index contributed by atoms with van der Waals surface area (Å²) in [4.78, 5) is 12.0. The van der Waals surface area contributed by atoms with E-state index in [-0.39, 0.29) is 12.6 Å². The summed E-state index contributed by atoms with van der Waals surface area (Å²) in [7, 11) is 0. The van der Waals surface area contributed by atoms with Crippen molar-refractivity contribution in [2.75, 3.05) is 19.1 Å². The van der Waals surface area contributed by atoms with Gasteiger partial charge in [0.1, 0.15) is 0 Å². The topological polar surface area (TPSA) is 73.6 Å². The van der Waals surface area contributed by atoms with E-state index in [9.17, 15) is 4.79 Å². The summed E-state index contributed by atoms with van der Waals surface area (Å²) in [5.41, 5.74) is 6.79.